The second kappa shape index (κ2) is 4.84. The van der Waals surface area contributed by atoms with Crippen molar-refractivity contribution in [3.05, 3.63) is 0 Å². The zero-order valence-corrected chi connectivity index (χ0v) is 10.4. The quantitative estimate of drug-likeness (QED) is 0.752. The molecule has 0 radical (unpaired) electrons. The smallest absolute Gasteiger partial charge is 0.0182 e. The second-order valence-corrected chi connectivity index (χ2v) is 5.51. The Morgan fingerprint density at radius 1 is 1.27 bits per heavy atom. The van der Waals surface area contributed by atoms with Crippen molar-refractivity contribution in [2.24, 2.45) is 5.92 Å². The summed E-state index contributed by atoms with van der Waals surface area (Å²) < 4.78 is 0. The van der Waals surface area contributed by atoms with Gasteiger partial charge in [0.2, 0.25) is 0 Å². The van der Waals surface area contributed by atoms with Crippen LogP contribution in [0, 0.1) is 5.92 Å². The van der Waals surface area contributed by atoms with Gasteiger partial charge >= 0.3 is 0 Å². The van der Waals surface area contributed by atoms with Crippen LogP contribution in [0.15, 0.2) is 0 Å². The van der Waals surface area contributed by atoms with Gasteiger partial charge in [-0.2, -0.15) is 0 Å². The third kappa shape index (κ3) is 2.54. The van der Waals surface area contributed by atoms with Crippen LogP contribution in [-0.2, 0) is 0 Å². The van der Waals surface area contributed by atoms with Crippen LogP contribution in [0.2, 0.25) is 0 Å². The normalized spacial score (nSPS) is 35.6. The van der Waals surface area contributed by atoms with Gasteiger partial charge in [0.1, 0.15) is 0 Å². The van der Waals surface area contributed by atoms with Crippen molar-refractivity contribution in [2.45, 2.75) is 51.5 Å². The Hall–Kier alpha value is -0.0800. The molecular formula is C13H26N2. The van der Waals surface area contributed by atoms with Gasteiger partial charge in [-0.25, -0.2) is 0 Å². The first-order valence-corrected chi connectivity index (χ1v) is 6.72. The number of piperidine rings is 2. The van der Waals surface area contributed by atoms with Crippen LogP contribution in [0.25, 0.3) is 0 Å². The van der Waals surface area contributed by atoms with Crippen LogP contribution in [0.3, 0.4) is 0 Å². The average molecular weight is 210 g/mol. The molecule has 2 aliphatic heterocycles. The largest absolute Gasteiger partial charge is 0.311 e. The summed E-state index contributed by atoms with van der Waals surface area (Å²) in [5, 5.41) is 3.78. The van der Waals surface area contributed by atoms with Gasteiger partial charge in [-0.3, -0.25) is 0 Å². The molecule has 0 saturated carbocycles. The van der Waals surface area contributed by atoms with E-state index in [1.54, 1.807) is 0 Å². The van der Waals surface area contributed by atoms with E-state index in [-0.39, 0.29) is 0 Å². The number of hydrogen-bond donors (Lipinski definition) is 1. The highest BCUT2D eigenvalue weighted by Crippen LogP contribution is 2.33. The van der Waals surface area contributed by atoms with Crippen molar-refractivity contribution < 1.29 is 0 Å². The van der Waals surface area contributed by atoms with E-state index in [2.05, 4.69) is 24.1 Å². The van der Waals surface area contributed by atoms with E-state index < -0.39 is 0 Å². The lowest BCUT2D eigenvalue weighted by molar-refractivity contribution is 0.0998. The zero-order valence-electron chi connectivity index (χ0n) is 10.4. The van der Waals surface area contributed by atoms with Gasteiger partial charge in [0, 0.05) is 5.54 Å². The number of nitrogens with one attached hydrogen (secondary N) is 1. The number of hydrogen-bond acceptors (Lipinski definition) is 2. The van der Waals surface area contributed by atoms with Crippen molar-refractivity contribution in [2.75, 3.05) is 26.2 Å². The van der Waals surface area contributed by atoms with E-state index in [9.17, 15) is 0 Å². The molecule has 1 unspecified atom stereocenters. The summed E-state index contributed by atoms with van der Waals surface area (Å²) in [6.07, 6.45) is 7.00. The molecule has 0 amide bonds. The minimum atomic E-state index is 0.456. The van der Waals surface area contributed by atoms with Gasteiger partial charge in [-0.05, 0) is 64.7 Å². The minimum absolute atomic E-state index is 0.456. The van der Waals surface area contributed by atoms with Gasteiger partial charge < -0.3 is 10.2 Å². The molecule has 0 aliphatic carbocycles. The highest BCUT2D eigenvalue weighted by atomic mass is 15.1. The SMILES string of the molecule is CCN1CCC(C2(C)CCCCN2)CC1. The first kappa shape index (κ1) is 11.4. The molecule has 0 aromatic heterocycles. The fourth-order valence-electron chi connectivity index (χ4n) is 3.31. The van der Waals surface area contributed by atoms with Crippen molar-refractivity contribution >= 4 is 0 Å². The highest BCUT2D eigenvalue weighted by molar-refractivity contribution is 4.94. The maximum Gasteiger partial charge on any atom is 0.0182 e. The number of rotatable bonds is 2. The molecule has 88 valence electrons. The third-order valence-electron chi connectivity index (χ3n) is 4.59. The molecule has 0 spiro atoms. The van der Waals surface area contributed by atoms with Gasteiger partial charge in [0.25, 0.3) is 0 Å². The number of nitrogens with zero attached hydrogens (tertiary/aromatic N) is 1. The first-order chi connectivity index (χ1) is 7.24. The fourth-order valence-corrected chi connectivity index (χ4v) is 3.31. The maximum absolute atomic E-state index is 3.78. The molecular weight excluding hydrogens is 184 g/mol. The van der Waals surface area contributed by atoms with Crippen molar-refractivity contribution in [1.82, 2.24) is 10.2 Å². The molecule has 2 heteroatoms. The predicted molar refractivity (Wildman–Crippen MR) is 65.1 cm³/mol. The lowest BCUT2D eigenvalue weighted by Gasteiger charge is -2.45. The molecule has 1 N–H and O–H groups in total. The summed E-state index contributed by atoms with van der Waals surface area (Å²) in [5.41, 5.74) is 0.456. The van der Waals surface area contributed by atoms with E-state index in [1.165, 1.54) is 58.3 Å². The summed E-state index contributed by atoms with van der Waals surface area (Å²) in [6.45, 7) is 9.84. The lowest BCUT2D eigenvalue weighted by Crippen LogP contribution is -2.54. The van der Waals surface area contributed by atoms with Crippen LogP contribution < -0.4 is 5.32 Å². The summed E-state index contributed by atoms with van der Waals surface area (Å²) in [4.78, 5) is 2.59. The Labute approximate surface area is 94.4 Å². The van der Waals surface area contributed by atoms with Crippen LogP contribution in [0.4, 0.5) is 0 Å². The Balaban J connectivity index is 1.88. The minimum Gasteiger partial charge on any atom is -0.311 e. The van der Waals surface area contributed by atoms with Crippen molar-refractivity contribution in [1.29, 1.82) is 0 Å². The summed E-state index contributed by atoms with van der Waals surface area (Å²) in [7, 11) is 0. The van der Waals surface area contributed by atoms with E-state index in [0.717, 1.165) is 5.92 Å². The van der Waals surface area contributed by atoms with E-state index in [1.807, 2.05) is 0 Å². The molecule has 1 atom stereocenters. The van der Waals surface area contributed by atoms with Crippen LogP contribution in [-0.4, -0.2) is 36.6 Å². The molecule has 2 fully saturated rings. The van der Waals surface area contributed by atoms with Crippen LogP contribution in [0.5, 0.6) is 0 Å². The zero-order chi connectivity index (χ0) is 10.7. The molecule has 2 heterocycles. The first-order valence-electron chi connectivity index (χ1n) is 6.72. The monoisotopic (exact) mass is 210 g/mol. The van der Waals surface area contributed by atoms with E-state index in [0.29, 0.717) is 5.54 Å². The number of likely N-dealkylation sites (tertiary alicyclic amines) is 1. The molecule has 15 heavy (non-hydrogen) atoms. The molecule has 2 rings (SSSR count). The predicted octanol–water partition coefficient (Wildman–Crippen LogP) is 2.25. The Bertz CT molecular complexity index is 189. The van der Waals surface area contributed by atoms with Gasteiger partial charge in [-0.15, -0.1) is 0 Å². The van der Waals surface area contributed by atoms with Gasteiger partial charge in [0.15, 0.2) is 0 Å². The van der Waals surface area contributed by atoms with Gasteiger partial charge in [0.05, 0.1) is 0 Å². The summed E-state index contributed by atoms with van der Waals surface area (Å²) in [6, 6.07) is 0. The average Bonchev–Trinajstić information content (AvgIpc) is 2.30. The Kier molecular flexibility index (Phi) is 3.68. The van der Waals surface area contributed by atoms with Gasteiger partial charge in [-0.1, -0.05) is 13.3 Å². The van der Waals surface area contributed by atoms with Crippen LogP contribution >= 0.6 is 0 Å². The summed E-state index contributed by atoms with van der Waals surface area (Å²) in [5.74, 6) is 0.917. The topological polar surface area (TPSA) is 15.3 Å². The molecule has 2 nitrogen and oxygen atoms in total. The molecule has 0 aromatic rings. The van der Waals surface area contributed by atoms with Crippen molar-refractivity contribution in [3.63, 3.8) is 0 Å². The Morgan fingerprint density at radius 3 is 2.53 bits per heavy atom. The molecule has 2 aliphatic rings. The molecule has 0 bridgehead atoms. The molecule has 2 saturated heterocycles. The maximum atomic E-state index is 3.78. The standard InChI is InChI=1S/C13H26N2/c1-3-15-10-6-12(7-11-15)13(2)8-4-5-9-14-13/h12,14H,3-11H2,1-2H3. The lowest BCUT2D eigenvalue weighted by atomic mass is 9.74. The third-order valence-corrected chi connectivity index (χ3v) is 4.59. The van der Waals surface area contributed by atoms with Crippen LogP contribution in [0.1, 0.15) is 46.0 Å². The van der Waals surface area contributed by atoms with E-state index >= 15 is 0 Å². The van der Waals surface area contributed by atoms with E-state index in [4.69, 9.17) is 0 Å². The molecule has 0 aromatic carbocycles. The highest BCUT2D eigenvalue weighted by Gasteiger charge is 2.36. The second-order valence-electron chi connectivity index (χ2n) is 5.51. The fraction of sp³-hybridized carbons (Fsp3) is 1.00. The summed E-state index contributed by atoms with van der Waals surface area (Å²) >= 11 is 0. The van der Waals surface area contributed by atoms with Crippen molar-refractivity contribution in [3.8, 4) is 0 Å². The Morgan fingerprint density at radius 2 is 2.00 bits per heavy atom.